The highest BCUT2D eigenvalue weighted by Gasteiger charge is 2.09. The Hall–Kier alpha value is -2.01. The number of ketones is 1. The SMILES string of the molecule is Cc1ccc(NC(=O)CCCC(=O)c2ccc(F)cc2)c(Br)c1. The first-order chi connectivity index (χ1) is 11.0. The number of carbonyl (C=O) groups is 2. The Kier molecular flexibility index (Phi) is 6.04. The number of hydrogen-bond acceptors (Lipinski definition) is 2. The van der Waals surface area contributed by atoms with Crippen LogP contribution in [0.4, 0.5) is 10.1 Å². The lowest BCUT2D eigenvalue weighted by Crippen LogP contribution is -2.12. The van der Waals surface area contributed by atoms with Crippen LogP contribution >= 0.6 is 15.9 Å². The second kappa shape index (κ2) is 8.02. The van der Waals surface area contributed by atoms with Crippen LogP contribution in [0, 0.1) is 12.7 Å². The first-order valence-electron chi connectivity index (χ1n) is 7.30. The Morgan fingerprint density at radius 1 is 1.09 bits per heavy atom. The van der Waals surface area contributed by atoms with Crippen molar-refractivity contribution in [1.82, 2.24) is 0 Å². The van der Waals surface area contributed by atoms with Crippen molar-refractivity contribution in [3.05, 3.63) is 63.9 Å². The van der Waals surface area contributed by atoms with Crippen molar-refractivity contribution in [2.24, 2.45) is 0 Å². The zero-order chi connectivity index (χ0) is 16.8. The van der Waals surface area contributed by atoms with Crippen LogP contribution in [0.1, 0.15) is 35.2 Å². The average molecular weight is 378 g/mol. The third-order valence-electron chi connectivity index (χ3n) is 3.37. The Bertz CT molecular complexity index is 713. The zero-order valence-corrected chi connectivity index (χ0v) is 14.3. The summed E-state index contributed by atoms with van der Waals surface area (Å²) >= 11 is 3.40. The fourth-order valence-electron chi connectivity index (χ4n) is 2.12. The van der Waals surface area contributed by atoms with Gasteiger partial charge in [-0.3, -0.25) is 9.59 Å². The summed E-state index contributed by atoms with van der Waals surface area (Å²) < 4.78 is 13.6. The smallest absolute Gasteiger partial charge is 0.224 e. The van der Waals surface area contributed by atoms with Crippen LogP contribution in [0.3, 0.4) is 0 Å². The van der Waals surface area contributed by atoms with Crippen LogP contribution in [-0.4, -0.2) is 11.7 Å². The molecule has 3 nitrogen and oxygen atoms in total. The molecule has 1 amide bonds. The number of Topliss-reactive ketones (excluding diaryl/α,β-unsaturated/α-hetero) is 1. The highest BCUT2D eigenvalue weighted by Crippen LogP contribution is 2.23. The predicted octanol–water partition coefficient (Wildman–Crippen LogP) is 4.89. The van der Waals surface area contributed by atoms with E-state index in [4.69, 9.17) is 0 Å². The number of benzene rings is 2. The van der Waals surface area contributed by atoms with E-state index in [1.165, 1.54) is 24.3 Å². The van der Waals surface area contributed by atoms with E-state index >= 15 is 0 Å². The number of rotatable bonds is 6. The van der Waals surface area contributed by atoms with E-state index < -0.39 is 0 Å². The zero-order valence-electron chi connectivity index (χ0n) is 12.7. The van der Waals surface area contributed by atoms with Crippen molar-refractivity contribution in [1.29, 1.82) is 0 Å². The molecule has 2 aromatic carbocycles. The maximum atomic E-state index is 12.8. The number of hydrogen-bond donors (Lipinski definition) is 1. The van der Waals surface area contributed by atoms with Crippen molar-refractivity contribution in [3.8, 4) is 0 Å². The van der Waals surface area contributed by atoms with Gasteiger partial charge in [0, 0.05) is 22.9 Å². The Balaban J connectivity index is 1.80. The molecule has 0 saturated carbocycles. The molecular formula is C18H17BrFNO2. The number of halogens is 2. The summed E-state index contributed by atoms with van der Waals surface area (Å²) in [6.07, 6.45) is 0.965. The van der Waals surface area contributed by atoms with Crippen LogP contribution in [0.25, 0.3) is 0 Å². The Morgan fingerprint density at radius 3 is 2.43 bits per heavy atom. The summed E-state index contributed by atoms with van der Waals surface area (Å²) in [4.78, 5) is 23.8. The monoisotopic (exact) mass is 377 g/mol. The molecule has 120 valence electrons. The standard InChI is InChI=1S/C18H17BrFNO2/c1-12-5-10-16(15(19)11-12)21-18(23)4-2-3-17(22)13-6-8-14(20)9-7-13/h5-11H,2-4H2,1H3,(H,21,23). The number of aryl methyl sites for hydroxylation is 1. The van der Waals surface area contributed by atoms with Gasteiger partial charge in [0.15, 0.2) is 5.78 Å². The number of nitrogens with one attached hydrogen (secondary N) is 1. The molecule has 0 spiro atoms. The molecule has 0 unspecified atom stereocenters. The van der Waals surface area contributed by atoms with Crippen LogP contribution in [-0.2, 0) is 4.79 Å². The van der Waals surface area contributed by atoms with Crippen molar-refractivity contribution >= 4 is 33.3 Å². The fraction of sp³-hybridized carbons (Fsp3) is 0.222. The van der Waals surface area contributed by atoms with E-state index in [1.54, 1.807) is 0 Å². The summed E-state index contributed by atoms with van der Waals surface area (Å²) in [7, 11) is 0. The summed E-state index contributed by atoms with van der Waals surface area (Å²) in [6, 6.07) is 11.1. The van der Waals surface area contributed by atoms with Gasteiger partial charge in [-0.2, -0.15) is 0 Å². The molecule has 23 heavy (non-hydrogen) atoms. The van der Waals surface area contributed by atoms with Gasteiger partial charge >= 0.3 is 0 Å². The first kappa shape index (κ1) is 17.3. The molecule has 0 radical (unpaired) electrons. The van der Waals surface area contributed by atoms with E-state index in [0.29, 0.717) is 17.7 Å². The van der Waals surface area contributed by atoms with Gasteiger partial charge in [0.25, 0.3) is 0 Å². The predicted molar refractivity (Wildman–Crippen MR) is 92.1 cm³/mol. The maximum Gasteiger partial charge on any atom is 0.224 e. The maximum absolute atomic E-state index is 12.8. The van der Waals surface area contributed by atoms with E-state index in [0.717, 1.165) is 10.0 Å². The molecule has 2 rings (SSSR count). The largest absolute Gasteiger partial charge is 0.325 e. The highest BCUT2D eigenvalue weighted by molar-refractivity contribution is 9.10. The molecule has 0 bridgehead atoms. The lowest BCUT2D eigenvalue weighted by molar-refractivity contribution is -0.116. The van der Waals surface area contributed by atoms with Gasteiger partial charge in [-0.25, -0.2) is 4.39 Å². The minimum absolute atomic E-state index is 0.0886. The fourth-order valence-corrected chi connectivity index (χ4v) is 2.72. The average Bonchev–Trinajstić information content (AvgIpc) is 2.50. The summed E-state index contributed by atoms with van der Waals surface area (Å²) in [5.41, 5.74) is 2.28. The molecule has 0 aliphatic rings. The van der Waals surface area contributed by atoms with E-state index in [9.17, 15) is 14.0 Å². The number of anilines is 1. The Morgan fingerprint density at radius 2 is 1.78 bits per heavy atom. The van der Waals surface area contributed by atoms with Crippen molar-refractivity contribution in [2.45, 2.75) is 26.2 Å². The normalized spacial score (nSPS) is 10.4. The quantitative estimate of drug-likeness (QED) is 0.728. The number of carbonyl (C=O) groups excluding carboxylic acids is 2. The first-order valence-corrected chi connectivity index (χ1v) is 8.10. The van der Waals surface area contributed by atoms with Gasteiger partial charge in [0.05, 0.1) is 5.69 Å². The van der Waals surface area contributed by atoms with E-state index in [2.05, 4.69) is 21.2 Å². The highest BCUT2D eigenvalue weighted by atomic mass is 79.9. The lowest BCUT2D eigenvalue weighted by Gasteiger charge is -2.08. The molecule has 0 aliphatic carbocycles. The third kappa shape index (κ3) is 5.28. The van der Waals surface area contributed by atoms with Crippen molar-refractivity contribution < 1.29 is 14.0 Å². The topological polar surface area (TPSA) is 46.2 Å². The van der Waals surface area contributed by atoms with Crippen LogP contribution in [0.15, 0.2) is 46.9 Å². The minimum atomic E-state index is -0.371. The second-order valence-corrected chi connectivity index (χ2v) is 6.17. The second-order valence-electron chi connectivity index (χ2n) is 5.32. The molecule has 0 heterocycles. The molecule has 0 fully saturated rings. The summed E-state index contributed by atoms with van der Waals surface area (Å²) in [5, 5.41) is 2.81. The van der Waals surface area contributed by atoms with Gasteiger partial charge < -0.3 is 5.32 Å². The Labute approximate surface area is 143 Å². The molecule has 5 heteroatoms. The van der Waals surface area contributed by atoms with E-state index in [-0.39, 0.29) is 30.3 Å². The summed E-state index contributed by atoms with van der Waals surface area (Å²) in [5.74, 6) is -0.597. The summed E-state index contributed by atoms with van der Waals surface area (Å²) in [6.45, 7) is 1.97. The van der Waals surface area contributed by atoms with Crippen LogP contribution in [0.2, 0.25) is 0 Å². The van der Waals surface area contributed by atoms with Crippen molar-refractivity contribution in [3.63, 3.8) is 0 Å². The molecule has 2 aromatic rings. The van der Waals surface area contributed by atoms with Gasteiger partial charge in [-0.15, -0.1) is 0 Å². The minimum Gasteiger partial charge on any atom is -0.325 e. The van der Waals surface area contributed by atoms with Gasteiger partial charge in [-0.05, 0) is 71.2 Å². The van der Waals surface area contributed by atoms with Gasteiger partial charge in [0.1, 0.15) is 5.82 Å². The van der Waals surface area contributed by atoms with Gasteiger partial charge in [0.2, 0.25) is 5.91 Å². The van der Waals surface area contributed by atoms with Crippen LogP contribution in [0.5, 0.6) is 0 Å². The molecule has 0 atom stereocenters. The van der Waals surface area contributed by atoms with Crippen LogP contribution < -0.4 is 5.32 Å². The molecular weight excluding hydrogens is 361 g/mol. The third-order valence-corrected chi connectivity index (χ3v) is 4.03. The number of amides is 1. The van der Waals surface area contributed by atoms with E-state index in [1.807, 2.05) is 25.1 Å². The lowest BCUT2D eigenvalue weighted by atomic mass is 10.1. The molecule has 1 N–H and O–H groups in total. The molecule has 0 aromatic heterocycles. The van der Waals surface area contributed by atoms with Gasteiger partial charge in [-0.1, -0.05) is 6.07 Å². The van der Waals surface area contributed by atoms with Crippen molar-refractivity contribution in [2.75, 3.05) is 5.32 Å². The molecule has 0 aliphatic heterocycles. The molecule has 0 saturated heterocycles.